The van der Waals surface area contributed by atoms with Gasteiger partial charge in [-0.3, -0.25) is 4.79 Å². The van der Waals surface area contributed by atoms with Gasteiger partial charge in [0.15, 0.2) is 0 Å². The first-order chi connectivity index (χ1) is 15.1. The Kier molecular flexibility index (Phi) is 4.71. The number of fused-ring (bicyclic) bond motifs is 4. The maximum Gasteiger partial charge on any atom is 0.407 e. The molecule has 0 aliphatic heterocycles. The number of ether oxygens (including phenoxy) is 1. The summed E-state index contributed by atoms with van der Waals surface area (Å²) >= 11 is 0. The molecule has 0 fully saturated rings. The number of nitrogens with zero attached hydrogens (tertiary/aromatic N) is 3. The van der Waals surface area contributed by atoms with E-state index in [2.05, 4.69) is 39.9 Å². The van der Waals surface area contributed by atoms with E-state index in [0.29, 0.717) is 11.0 Å². The minimum absolute atomic E-state index is 0.0385. The van der Waals surface area contributed by atoms with Gasteiger partial charge < -0.3 is 10.1 Å². The summed E-state index contributed by atoms with van der Waals surface area (Å²) in [6, 6.07) is 22.6. The van der Waals surface area contributed by atoms with Gasteiger partial charge in [0.25, 0.3) is 5.91 Å². The number of rotatable bonds is 4. The number of hydrogen-bond acceptors (Lipinski definition) is 5. The second-order valence-corrected chi connectivity index (χ2v) is 7.52. The Balaban J connectivity index is 1.27. The Bertz CT molecular complexity index is 1250. The van der Waals surface area contributed by atoms with Crippen LogP contribution < -0.4 is 5.32 Å². The van der Waals surface area contributed by atoms with Gasteiger partial charge in [-0.1, -0.05) is 65.9 Å². The maximum atomic E-state index is 12.7. The third-order valence-electron chi connectivity index (χ3n) is 5.61. The molecule has 1 aliphatic rings. The third kappa shape index (κ3) is 3.34. The topological polar surface area (TPSA) is 86.1 Å². The van der Waals surface area contributed by atoms with E-state index in [1.54, 1.807) is 25.1 Å². The number of hydrogen-bond donors (Lipinski definition) is 1. The minimum atomic E-state index is -0.819. The van der Waals surface area contributed by atoms with Crippen molar-refractivity contribution in [3.05, 3.63) is 83.9 Å². The van der Waals surface area contributed by atoms with Crippen molar-refractivity contribution in [1.82, 2.24) is 20.3 Å². The SMILES string of the molecule is CC(NC(=O)OCC1c2ccccc2-c2ccccc21)C(=O)n1nnc2ccccc21. The summed E-state index contributed by atoms with van der Waals surface area (Å²) < 4.78 is 6.72. The summed E-state index contributed by atoms with van der Waals surface area (Å²) in [4.78, 5) is 25.2. The van der Waals surface area contributed by atoms with E-state index in [-0.39, 0.29) is 18.4 Å². The lowest BCUT2D eigenvalue weighted by atomic mass is 9.98. The summed E-state index contributed by atoms with van der Waals surface area (Å²) in [7, 11) is 0. The second-order valence-electron chi connectivity index (χ2n) is 7.52. The Labute approximate surface area is 178 Å². The van der Waals surface area contributed by atoms with Gasteiger partial charge in [-0.2, -0.15) is 4.68 Å². The number of nitrogens with one attached hydrogen (secondary N) is 1. The van der Waals surface area contributed by atoms with Crippen LogP contribution >= 0.6 is 0 Å². The van der Waals surface area contributed by atoms with Crippen molar-refractivity contribution < 1.29 is 14.3 Å². The van der Waals surface area contributed by atoms with Crippen LogP contribution in [0.25, 0.3) is 22.2 Å². The Hall–Kier alpha value is -4.00. The zero-order valence-corrected chi connectivity index (χ0v) is 16.9. The lowest BCUT2D eigenvalue weighted by molar-refractivity contribution is 0.0837. The Morgan fingerprint density at radius 1 is 0.968 bits per heavy atom. The highest BCUT2D eigenvalue weighted by Gasteiger charge is 2.29. The monoisotopic (exact) mass is 412 g/mol. The predicted molar refractivity (Wildman–Crippen MR) is 116 cm³/mol. The minimum Gasteiger partial charge on any atom is -0.449 e. The second kappa shape index (κ2) is 7.68. The van der Waals surface area contributed by atoms with Crippen LogP contribution in [0.15, 0.2) is 72.8 Å². The van der Waals surface area contributed by atoms with Crippen molar-refractivity contribution in [1.29, 1.82) is 0 Å². The molecule has 7 heteroatoms. The van der Waals surface area contributed by atoms with Crippen LogP contribution in [0.4, 0.5) is 4.79 Å². The normalized spacial score (nSPS) is 13.5. The highest BCUT2D eigenvalue weighted by atomic mass is 16.5. The summed E-state index contributed by atoms with van der Waals surface area (Å²) in [5.41, 5.74) is 5.80. The molecule has 0 bridgehead atoms. The molecule has 31 heavy (non-hydrogen) atoms. The van der Waals surface area contributed by atoms with Crippen LogP contribution in [0.3, 0.4) is 0 Å². The Morgan fingerprint density at radius 3 is 2.29 bits per heavy atom. The first-order valence-electron chi connectivity index (χ1n) is 10.1. The smallest absolute Gasteiger partial charge is 0.407 e. The number of amides is 1. The summed E-state index contributed by atoms with van der Waals surface area (Å²) in [5.74, 6) is -0.425. The number of carbonyl (C=O) groups excluding carboxylic acids is 2. The molecule has 1 atom stereocenters. The molecule has 4 aromatic rings. The van der Waals surface area contributed by atoms with Crippen molar-refractivity contribution >= 4 is 23.0 Å². The fraction of sp³-hybridized carbons (Fsp3) is 0.167. The average Bonchev–Trinajstić information content (AvgIpc) is 3.37. The molecular weight excluding hydrogens is 392 g/mol. The van der Waals surface area contributed by atoms with Crippen LogP contribution in [0.2, 0.25) is 0 Å². The molecule has 154 valence electrons. The van der Waals surface area contributed by atoms with E-state index in [0.717, 1.165) is 22.3 Å². The van der Waals surface area contributed by atoms with Gasteiger partial charge in [0, 0.05) is 5.92 Å². The molecule has 1 amide bonds. The van der Waals surface area contributed by atoms with Crippen molar-refractivity contribution in [3.63, 3.8) is 0 Å². The molecule has 0 spiro atoms. The van der Waals surface area contributed by atoms with Crippen LogP contribution in [-0.4, -0.2) is 39.6 Å². The molecule has 0 saturated heterocycles. The standard InChI is InChI=1S/C24H20N4O3/c1-15(23(29)28-22-13-7-6-12-21(22)26-27-28)25-24(30)31-14-20-18-10-4-2-8-16(18)17-9-3-5-11-19(17)20/h2-13,15,20H,14H2,1H3,(H,25,30). The van der Waals surface area contributed by atoms with Crippen LogP contribution in [0.5, 0.6) is 0 Å². The Morgan fingerprint density at radius 2 is 1.58 bits per heavy atom. The molecule has 3 aromatic carbocycles. The van der Waals surface area contributed by atoms with Gasteiger partial charge in [0.2, 0.25) is 0 Å². The average molecular weight is 412 g/mol. The van der Waals surface area contributed by atoms with Gasteiger partial charge in [-0.05, 0) is 41.3 Å². The predicted octanol–water partition coefficient (Wildman–Crippen LogP) is 4.00. The molecule has 1 unspecified atom stereocenters. The number of carbonyl (C=O) groups is 2. The molecule has 0 saturated carbocycles. The van der Waals surface area contributed by atoms with Gasteiger partial charge in [0.05, 0.1) is 5.52 Å². The van der Waals surface area contributed by atoms with Crippen molar-refractivity contribution in [2.75, 3.05) is 6.61 Å². The fourth-order valence-corrected chi connectivity index (χ4v) is 4.09. The fourth-order valence-electron chi connectivity index (χ4n) is 4.09. The summed E-state index contributed by atoms with van der Waals surface area (Å²) in [5, 5.41) is 10.5. The number of para-hydroxylation sites is 1. The lowest BCUT2D eigenvalue weighted by Gasteiger charge is -2.16. The first-order valence-corrected chi connectivity index (χ1v) is 10.1. The van der Waals surface area contributed by atoms with E-state index in [4.69, 9.17) is 4.74 Å². The highest BCUT2D eigenvalue weighted by Crippen LogP contribution is 2.44. The van der Waals surface area contributed by atoms with Crippen LogP contribution in [0, 0.1) is 0 Å². The molecule has 0 radical (unpaired) electrons. The van der Waals surface area contributed by atoms with E-state index in [1.165, 1.54) is 4.68 Å². The number of benzene rings is 3. The van der Waals surface area contributed by atoms with Crippen LogP contribution in [0.1, 0.15) is 28.8 Å². The molecule has 7 nitrogen and oxygen atoms in total. The molecule has 1 aliphatic carbocycles. The zero-order valence-electron chi connectivity index (χ0n) is 16.9. The van der Waals surface area contributed by atoms with Crippen molar-refractivity contribution in [3.8, 4) is 11.1 Å². The molecule has 1 heterocycles. The summed E-state index contributed by atoms with van der Waals surface area (Å²) in [6.07, 6.45) is -0.646. The van der Waals surface area contributed by atoms with Gasteiger partial charge in [-0.15, -0.1) is 5.10 Å². The molecule has 1 aromatic heterocycles. The number of aromatic nitrogens is 3. The third-order valence-corrected chi connectivity index (χ3v) is 5.61. The van der Waals surface area contributed by atoms with E-state index in [9.17, 15) is 9.59 Å². The van der Waals surface area contributed by atoms with E-state index >= 15 is 0 Å². The highest BCUT2D eigenvalue weighted by molar-refractivity contribution is 5.93. The summed E-state index contributed by atoms with van der Waals surface area (Å²) in [6.45, 7) is 1.78. The molecule has 1 N–H and O–H groups in total. The number of alkyl carbamates (subject to hydrolysis) is 1. The van der Waals surface area contributed by atoms with E-state index in [1.807, 2.05) is 30.3 Å². The quantitative estimate of drug-likeness (QED) is 0.548. The maximum absolute atomic E-state index is 12.7. The lowest BCUT2D eigenvalue weighted by Crippen LogP contribution is -2.42. The van der Waals surface area contributed by atoms with Gasteiger partial charge in [-0.25, -0.2) is 4.79 Å². The molecular formula is C24H20N4O3. The molecule has 5 rings (SSSR count). The van der Waals surface area contributed by atoms with Crippen LogP contribution in [-0.2, 0) is 4.74 Å². The van der Waals surface area contributed by atoms with Gasteiger partial charge >= 0.3 is 6.09 Å². The largest absolute Gasteiger partial charge is 0.449 e. The van der Waals surface area contributed by atoms with E-state index < -0.39 is 12.1 Å². The zero-order chi connectivity index (χ0) is 21.4. The van der Waals surface area contributed by atoms with Crippen molar-refractivity contribution in [2.24, 2.45) is 0 Å². The van der Waals surface area contributed by atoms with Crippen molar-refractivity contribution in [2.45, 2.75) is 18.9 Å². The first kappa shape index (κ1) is 19.0. The van der Waals surface area contributed by atoms with Gasteiger partial charge in [0.1, 0.15) is 18.2 Å².